The molecule has 3 heterocycles. The lowest BCUT2D eigenvalue weighted by molar-refractivity contribution is 0.0478. The summed E-state index contributed by atoms with van der Waals surface area (Å²) in [6.07, 6.45) is 1.20. The van der Waals surface area contributed by atoms with Crippen molar-refractivity contribution in [3.8, 4) is 10.9 Å². The van der Waals surface area contributed by atoms with Gasteiger partial charge in [0.05, 0.1) is 37.5 Å². The fourth-order valence-corrected chi connectivity index (χ4v) is 3.70. The molecule has 0 saturated carbocycles. The molecule has 12 nitrogen and oxygen atoms in total. The lowest BCUT2D eigenvalue weighted by Gasteiger charge is -2.08. The van der Waals surface area contributed by atoms with Gasteiger partial charge in [0.25, 0.3) is 11.8 Å². The Bertz CT molecular complexity index is 1170. The predicted molar refractivity (Wildman–Crippen MR) is 116 cm³/mol. The fraction of sp³-hybridized carbons (Fsp3) is 0.368. The monoisotopic (exact) mass is 458 g/mol. The van der Waals surface area contributed by atoms with Gasteiger partial charge in [0.1, 0.15) is 5.82 Å². The van der Waals surface area contributed by atoms with E-state index in [0.29, 0.717) is 55.2 Å². The van der Waals surface area contributed by atoms with Crippen molar-refractivity contribution in [2.45, 2.75) is 13.5 Å². The molecule has 0 bridgehead atoms. The molecule has 1 amide bonds. The van der Waals surface area contributed by atoms with Crippen LogP contribution in [0.3, 0.4) is 0 Å². The number of anilines is 1. The fourth-order valence-electron chi connectivity index (χ4n) is 3.03. The molecule has 1 aromatic carbocycles. The van der Waals surface area contributed by atoms with E-state index in [1.54, 1.807) is 12.1 Å². The molecule has 0 aliphatic rings. The number of ether oxygens (including phenoxy) is 2. The van der Waals surface area contributed by atoms with Gasteiger partial charge in [0.2, 0.25) is 16.5 Å². The summed E-state index contributed by atoms with van der Waals surface area (Å²) < 4.78 is 18.0. The summed E-state index contributed by atoms with van der Waals surface area (Å²) in [6.45, 7) is 5.16. The molecule has 4 rings (SSSR count). The second-order valence-electron chi connectivity index (χ2n) is 6.64. The SMILES string of the molecule is Cc1nc2cc(C(=O)Nc3nnc(-c4nnco4)s3)ccc2n1CCOCCOCCN. The summed E-state index contributed by atoms with van der Waals surface area (Å²) in [5.41, 5.74) is 7.49. The molecule has 0 atom stereocenters. The van der Waals surface area contributed by atoms with Crippen molar-refractivity contribution < 1.29 is 18.7 Å². The standard InChI is InChI=1S/C19H22N8O4S/c1-12-22-14-10-13(2-3-15(14)27(12)5-7-30-9-8-29-6-4-20)16(28)23-19-26-25-18(32-19)17-24-21-11-31-17/h2-3,10-11H,4-9,20H2,1H3,(H,23,26,28). The van der Waals surface area contributed by atoms with Crippen molar-refractivity contribution in [1.29, 1.82) is 0 Å². The summed E-state index contributed by atoms with van der Waals surface area (Å²) in [7, 11) is 0. The molecular weight excluding hydrogens is 436 g/mol. The number of nitrogens with zero attached hydrogens (tertiary/aromatic N) is 6. The lowest BCUT2D eigenvalue weighted by Crippen LogP contribution is -2.14. The van der Waals surface area contributed by atoms with Crippen molar-refractivity contribution in [2.75, 3.05) is 38.3 Å². The molecule has 0 saturated heterocycles. The van der Waals surface area contributed by atoms with Crippen molar-refractivity contribution >= 4 is 33.4 Å². The Morgan fingerprint density at radius 1 is 1.19 bits per heavy atom. The predicted octanol–water partition coefficient (Wildman–Crippen LogP) is 1.49. The van der Waals surface area contributed by atoms with Crippen LogP contribution in [0.1, 0.15) is 16.2 Å². The van der Waals surface area contributed by atoms with E-state index in [9.17, 15) is 4.79 Å². The number of hydrogen-bond donors (Lipinski definition) is 2. The number of rotatable bonds is 11. The van der Waals surface area contributed by atoms with Crippen LogP contribution in [-0.4, -0.2) is 68.8 Å². The van der Waals surface area contributed by atoms with E-state index in [4.69, 9.17) is 19.6 Å². The summed E-state index contributed by atoms with van der Waals surface area (Å²) >= 11 is 1.14. The van der Waals surface area contributed by atoms with Crippen molar-refractivity contribution in [2.24, 2.45) is 5.73 Å². The molecular formula is C19H22N8O4S. The summed E-state index contributed by atoms with van der Waals surface area (Å²) in [5, 5.41) is 18.8. The van der Waals surface area contributed by atoms with Crippen molar-refractivity contribution in [1.82, 2.24) is 29.9 Å². The number of benzene rings is 1. The molecule has 168 valence electrons. The normalized spacial score (nSPS) is 11.3. The van der Waals surface area contributed by atoms with E-state index in [1.807, 2.05) is 13.0 Å². The number of fused-ring (bicyclic) bond motifs is 1. The molecule has 0 spiro atoms. The third-order valence-corrected chi connectivity index (χ3v) is 5.31. The number of nitrogens with two attached hydrogens (primary N) is 1. The Kier molecular flexibility index (Phi) is 7.11. The van der Waals surface area contributed by atoms with E-state index in [1.165, 1.54) is 6.39 Å². The largest absolute Gasteiger partial charge is 0.421 e. The Hall–Kier alpha value is -3.26. The summed E-state index contributed by atoms with van der Waals surface area (Å²) in [5.74, 6) is 0.777. The van der Waals surface area contributed by atoms with Crippen molar-refractivity contribution in [3.63, 3.8) is 0 Å². The van der Waals surface area contributed by atoms with Gasteiger partial charge >= 0.3 is 0 Å². The van der Waals surface area contributed by atoms with E-state index in [2.05, 4.69) is 35.3 Å². The van der Waals surface area contributed by atoms with Gasteiger partial charge in [0, 0.05) is 18.7 Å². The maximum absolute atomic E-state index is 12.7. The van der Waals surface area contributed by atoms with Crippen LogP contribution in [-0.2, 0) is 16.0 Å². The van der Waals surface area contributed by atoms with Gasteiger partial charge in [-0.3, -0.25) is 10.1 Å². The van der Waals surface area contributed by atoms with Crippen LogP contribution in [0.2, 0.25) is 0 Å². The summed E-state index contributed by atoms with van der Waals surface area (Å²) in [6, 6.07) is 5.37. The van der Waals surface area contributed by atoms with E-state index in [-0.39, 0.29) is 11.8 Å². The van der Waals surface area contributed by atoms with Gasteiger partial charge in [-0.25, -0.2) is 4.98 Å². The molecule has 0 aliphatic heterocycles. The number of hydrogen-bond acceptors (Lipinski definition) is 11. The zero-order chi connectivity index (χ0) is 22.3. The molecule has 4 aromatic rings. The molecule has 3 aromatic heterocycles. The number of nitrogens with one attached hydrogen (secondary N) is 1. The minimum absolute atomic E-state index is 0.248. The third kappa shape index (κ3) is 5.13. The van der Waals surface area contributed by atoms with Gasteiger partial charge in [-0.1, -0.05) is 11.3 Å². The lowest BCUT2D eigenvalue weighted by atomic mass is 10.2. The Morgan fingerprint density at radius 2 is 2.03 bits per heavy atom. The van der Waals surface area contributed by atoms with Gasteiger partial charge < -0.3 is 24.2 Å². The van der Waals surface area contributed by atoms with Gasteiger partial charge in [-0.2, -0.15) is 0 Å². The van der Waals surface area contributed by atoms with Gasteiger partial charge in [0.15, 0.2) is 0 Å². The van der Waals surface area contributed by atoms with Gasteiger partial charge in [-0.05, 0) is 25.1 Å². The first-order valence-corrected chi connectivity index (χ1v) is 10.7. The number of aryl methyl sites for hydroxylation is 1. The number of carbonyl (C=O) groups is 1. The number of imidazole rings is 1. The highest BCUT2D eigenvalue weighted by atomic mass is 32.1. The first-order valence-electron chi connectivity index (χ1n) is 9.89. The zero-order valence-electron chi connectivity index (χ0n) is 17.4. The highest BCUT2D eigenvalue weighted by Gasteiger charge is 2.16. The smallest absolute Gasteiger partial charge is 0.278 e. The molecule has 0 unspecified atom stereocenters. The maximum atomic E-state index is 12.7. The highest BCUT2D eigenvalue weighted by molar-refractivity contribution is 7.18. The zero-order valence-corrected chi connectivity index (χ0v) is 18.2. The van der Waals surface area contributed by atoms with E-state index in [0.717, 1.165) is 28.2 Å². The van der Waals surface area contributed by atoms with Crippen molar-refractivity contribution in [3.05, 3.63) is 36.0 Å². The molecule has 13 heteroatoms. The molecule has 0 fully saturated rings. The molecule has 32 heavy (non-hydrogen) atoms. The molecule has 3 N–H and O–H groups in total. The second-order valence-corrected chi connectivity index (χ2v) is 7.62. The van der Waals surface area contributed by atoms with Crippen LogP contribution < -0.4 is 11.1 Å². The first-order chi connectivity index (χ1) is 15.7. The second kappa shape index (κ2) is 10.4. The number of amides is 1. The summed E-state index contributed by atoms with van der Waals surface area (Å²) in [4.78, 5) is 17.2. The minimum atomic E-state index is -0.312. The minimum Gasteiger partial charge on any atom is -0.421 e. The van der Waals surface area contributed by atoms with E-state index < -0.39 is 0 Å². The number of aromatic nitrogens is 6. The van der Waals surface area contributed by atoms with Crippen LogP contribution in [0, 0.1) is 6.92 Å². The number of carbonyl (C=O) groups excluding carboxylic acids is 1. The quantitative estimate of drug-likeness (QED) is 0.316. The topological polar surface area (TPSA) is 156 Å². The van der Waals surface area contributed by atoms with Gasteiger partial charge in [-0.15, -0.1) is 20.4 Å². The van der Waals surface area contributed by atoms with Crippen LogP contribution in [0.15, 0.2) is 29.0 Å². The van der Waals surface area contributed by atoms with Crippen LogP contribution >= 0.6 is 11.3 Å². The molecule has 0 radical (unpaired) electrons. The van der Waals surface area contributed by atoms with Crippen LogP contribution in [0.4, 0.5) is 5.13 Å². The van der Waals surface area contributed by atoms with Crippen LogP contribution in [0.5, 0.6) is 0 Å². The van der Waals surface area contributed by atoms with E-state index >= 15 is 0 Å². The average Bonchev–Trinajstić information content (AvgIpc) is 3.53. The maximum Gasteiger partial charge on any atom is 0.278 e. The highest BCUT2D eigenvalue weighted by Crippen LogP contribution is 2.25. The third-order valence-electron chi connectivity index (χ3n) is 4.48. The van der Waals surface area contributed by atoms with Crippen LogP contribution in [0.25, 0.3) is 21.9 Å². The average molecular weight is 459 g/mol. The first kappa shape index (κ1) is 22.0. The Morgan fingerprint density at radius 3 is 2.81 bits per heavy atom. The Balaban J connectivity index is 1.37. The molecule has 0 aliphatic carbocycles. The Labute approximate surface area is 186 Å².